The first kappa shape index (κ1) is 21.3. The van der Waals surface area contributed by atoms with Gasteiger partial charge in [-0.15, -0.1) is 0 Å². The van der Waals surface area contributed by atoms with Gasteiger partial charge in [-0.25, -0.2) is 9.59 Å². The van der Waals surface area contributed by atoms with Crippen molar-refractivity contribution in [1.82, 2.24) is 15.1 Å². The van der Waals surface area contributed by atoms with Gasteiger partial charge in [0.2, 0.25) is 5.91 Å². The van der Waals surface area contributed by atoms with Gasteiger partial charge in [-0.1, -0.05) is 0 Å². The highest BCUT2D eigenvalue weighted by Gasteiger charge is 2.21. The van der Waals surface area contributed by atoms with Crippen LogP contribution in [-0.4, -0.2) is 84.2 Å². The fraction of sp³-hybridized carbons (Fsp3) is 0.800. The molecule has 1 rings (SSSR count). The number of carboxylic acid groups (broad SMARTS) is 2. The molecular weight excluding hydrogens is 302 g/mol. The molecule has 1 aliphatic heterocycles. The van der Waals surface area contributed by atoms with Gasteiger partial charge in [0, 0.05) is 13.1 Å². The maximum absolute atomic E-state index is 12.1. The lowest BCUT2D eigenvalue weighted by molar-refractivity contribution is -0.159. The van der Waals surface area contributed by atoms with Gasteiger partial charge in [0.05, 0.1) is 6.04 Å². The molecule has 0 aromatic rings. The number of piperidine rings is 1. The molecule has 1 unspecified atom stereocenters. The molecule has 0 aromatic heterocycles. The molecule has 8 heteroatoms. The van der Waals surface area contributed by atoms with Crippen molar-refractivity contribution in [3.8, 4) is 0 Å². The Morgan fingerprint density at radius 3 is 2.04 bits per heavy atom. The monoisotopic (exact) mass is 331 g/mol. The van der Waals surface area contributed by atoms with E-state index in [9.17, 15) is 4.79 Å². The number of nitrogens with one attached hydrogen (secondary N) is 1. The van der Waals surface area contributed by atoms with Crippen LogP contribution in [0.25, 0.3) is 0 Å². The standard InChI is InChI=1S/C13H27N3O.C2H2O4/c1-12(14-8-7-9-15(2)3)13(17)16-10-5-4-6-11-16;3-1(4)2(5)6/h12,14H,4-11H2,1-3H3;(H,3,4)(H,5,6). The normalized spacial score (nSPS) is 15.6. The molecule has 8 nitrogen and oxygen atoms in total. The Morgan fingerprint density at radius 2 is 1.61 bits per heavy atom. The number of hydrogen-bond donors (Lipinski definition) is 3. The lowest BCUT2D eigenvalue weighted by Gasteiger charge is -2.29. The molecule has 1 amide bonds. The van der Waals surface area contributed by atoms with E-state index in [2.05, 4.69) is 24.3 Å². The maximum Gasteiger partial charge on any atom is 0.414 e. The minimum Gasteiger partial charge on any atom is -0.473 e. The number of rotatable bonds is 6. The van der Waals surface area contributed by atoms with Crippen LogP contribution in [0.4, 0.5) is 0 Å². The zero-order valence-electron chi connectivity index (χ0n) is 14.2. The maximum atomic E-state index is 12.1. The van der Waals surface area contributed by atoms with Gasteiger partial charge in [-0.2, -0.15) is 0 Å². The third-order valence-electron chi connectivity index (χ3n) is 3.45. The first-order valence-corrected chi connectivity index (χ1v) is 7.88. The van der Waals surface area contributed by atoms with Crippen LogP contribution in [0.2, 0.25) is 0 Å². The van der Waals surface area contributed by atoms with E-state index in [-0.39, 0.29) is 11.9 Å². The molecular formula is C15H29N3O5. The van der Waals surface area contributed by atoms with E-state index in [4.69, 9.17) is 19.8 Å². The van der Waals surface area contributed by atoms with Crippen molar-refractivity contribution in [3.05, 3.63) is 0 Å². The quantitative estimate of drug-likeness (QED) is 0.467. The molecule has 23 heavy (non-hydrogen) atoms. The van der Waals surface area contributed by atoms with Crippen LogP contribution < -0.4 is 5.32 Å². The molecule has 1 heterocycles. The number of aliphatic carboxylic acids is 2. The zero-order valence-corrected chi connectivity index (χ0v) is 14.2. The zero-order chi connectivity index (χ0) is 17.8. The number of carbonyl (C=O) groups excluding carboxylic acids is 1. The summed E-state index contributed by atoms with van der Waals surface area (Å²) in [6, 6.07) is -0.0322. The van der Waals surface area contributed by atoms with Gasteiger partial charge in [-0.05, 0) is 59.8 Å². The SMILES string of the molecule is CC(NCCCN(C)C)C(=O)N1CCCCC1.O=C(O)C(=O)O. The molecule has 1 fully saturated rings. The minimum absolute atomic E-state index is 0.0322. The summed E-state index contributed by atoms with van der Waals surface area (Å²) >= 11 is 0. The second kappa shape index (κ2) is 11.8. The van der Waals surface area contributed by atoms with Crippen molar-refractivity contribution in [2.45, 2.75) is 38.6 Å². The summed E-state index contributed by atoms with van der Waals surface area (Å²) < 4.78 is 0. The van der Waals surface area contributed by atoms with E-state index >= 15 is 0 Å². The van der Waals surface area contributed by atoms with Gasteiger partial charge >= 0.3 is 11.9 Å². The number of carboxylic acids is 2. The van der Waals surface area contributed by atoms with Crippen LogP contribution in [0.5, 0.6) is 0 Å². The van der Waals surface area contributed by atoms with E-state index in [0.29, 0.717) is 0 Å². The van der Waals surface area contributed by atoms with Crippen LogP contribution in [0.1, 0.15) is 32.6 Å². The van der Waals surface area contributed by atoms with Crippen molar-refractivity contribution in [3.63, 3.8) is 0 Å². The second-order valence-electron chi connectivity index (χ2n) is 5.83. The fourth-order valence-electron chi connectivity index (χ4n) is 2.19. The summed E-state index contributed by atoms with van der Waals surface area (Å²) in [5.74, 6) is -3.38. The molecule has 1 atom stereocenters. The van der Waals surface area contributed by atoms with Crippen molar-refractivity contribution >= 4 is 17.8 Å². The van der Waals surface area contributed by atoms with Crippen LogP contribution in [0, 0.1) is 0 Å². The highest BCUT2D eigenvalue weighted by atomic mass is 16.4. The average Bonchev–Trinajstić information content (AvgIpc) is 2.51. The first-order valence-electron chi connectivity index (χ1n) is 7.88. The Hall–Kier alpha value is -1.67. The molecule has 0 radical (unpaired) electrons. The van der Waals surface area contributed by atoms with Crippen molar-refractivity contribution in [2.24, 2.45) is 0 Å². The molecule has 0 saturated carbocycles. The van der Waals surface area contributed by atoms with Crippen LogP contribution in [0.3, 0.4) is 0 Å². The summed E-state index contributed by atoms with van der Waals surface area (Å²) in [5, 5.41) is 18.1. The average molecular weight is 331 g/mol. The van der Waals surface area contributed by atoms with Crippen molar-refractivity contribution in [2.75, 3.05) is 40.3 Å². The molecule has 3 N–H and O–H groups in total. The summed E-state index contributed by atoms with van der Waals surface area (Å²) in [4.78, 5) is 34.5. The topological polar surface area (TPSA) is 110 Å². The summed E-state index contributed by atoms with van der Waals surface area (Å²) in [6.07, 6.45) is 4.69. The first-order chi connectivity index (χ1) is 10.8. The third kappa shape index (κ3) is 10.6. The van der Waals surface area contributed by atoms with E-state index in [0.717, 1.165) is 32.6 Å². The Morgan fingerprint density at radius 1 is 1.09 bits per heavy atom. The fourth-order valence-corrected chi connectivity index (χ4v) is 2.19. The number of amides is 1. The third-order valence-corrected chi connectivity index (χ3v) is 3.45. The van der Waals surface area contributed by atoms with Gasteiger partial charge in [0.25, 0.3) is 0 Å². The molecule has 1 saturated heterocycles. The van der Waals surface area contributed by atoms with Crippen molar-refractivity contribution in [1.29, 1.82) is 0 Å². The molecule has 0 spiro atoms. The van der Waals surface area contributed by atoms with E-state index in [1.54, 1.807) is 0 Å². The van der Waals surface area contributed by atoms with Crippen LogP contribution in [-0.2, 0) is 14.4 Å². The Balaban J connectivity index is 0.000000688. The Labute approximate surface area is 137 Å². The molecule has 0 aromatic carbocycles. The summed E-state index contributed by atoms with van der Waals surface area (Å²) in [7, 11) is 4.14. The molecule has 1 aliphatic rings. The largest absolute Gasteiger partial charge is 0.473 e. The summed E-state index contributed by atoms with van der Waals surface area (Å²) in [6.45, 7) is 5.86. The van der Waals surface area contributed by atoms with Gasteiger partial charge in [0.1, 0.15) is 0 Å². The summed E-state index contributed by atoms with van der Waals surface area (Å²) in [5.41, 5.74) is 0. The van der Waals surface area contributed by atoms with Crippen LogP contribution >= 0.6 is 0 Å². The highest BCUT2D eigenvalue weighted by molar-refractivity contribution is 6.27. The van der Waals surface area contributed by atoms with Gasteiger partial charge in [0.15, 0.2) is 0 Å². The molecule has 0 bridgehead atoms. The van der Waals surface area contributed by atoms with Crippen molar-refractivity contribution < 1.29 is 24.6 Å². The van der Waals surface area contributed by atoms with Gasteiger partial charge in [-0.3, -0.25) is 4.79 Å². The van der Waals surface area contributed by atoms with Gasteiger partial charge < -0.3 is 25.3 Å². The van der Waals surface area contributed by atoms with E-state index in [1.807, 2.05) is 11.8 Å². The Kier molecular flexibility index (Phi) is 11.0. The Bertz CT molecular complexity index is 369. The number of carbonyl (C=O) groups is 3. The van der Waals surface area contributed by atoms with E-state index in [1.165, 1.54) is 19.3 Å². The number of nitrogens with zero attached hydrogens (tertiary/aromatic N) is 2. The molecule has 134 valence electrons. The molecule has 0 aliphatic carbocycles. The lowest BCUT2D eigenvalue weighted by Crippen LogP contribution is -2.47. The number of hydrogen-bond acceptors (Lipinski definition) is 5. The predicted molar refractivity (Wildman–Crippen MR) is 86.3 cm³/mol. The van der Waals surface area contributed by atoms with Crippen LogP contribution in [0.15, 0.2) is 0 Å². The lowest BCUT2D eigenvalue weighted by atomic mass is 10.1. The minimum atomic E-state index is -1.82. The van der Waals surface area contributed by atoms with E-state index < -0.39 is 11.9 Å². The smallest absolute Gasteiger partial charge is 0.414 e. The second-order valence-corrected chi connectivity index (χ2v) is 5.83. The predicted octanol–water partition coefficient (Wildman–Crippen LogP) is 0.0843. The highest BCUT2D eigenvalue weighted by Crippen LogP contribution is 2.09. The number of likely N-dealkylation sites (tertiary alicyclic amines) is 1.